The zero-order valence-corrected chi connectivity index (χ0v) is 20.6. The van der Waals surface area contributed by atoms with Gasteiger partial charge in [-0.05, 0) is 29.1 Å². The number of rotatable bonds is 10. The fraction of sp³-hybridized carbons (Fsp3) is 0.458. The molecule has 2 heterocycles. The van der Waals surface area contributed by atoms with Gasteiger partial charge in [0.2, 0.25) is 5.91 Å². The van der Waals surface area contributed by atoms with Crippen molar-refractivity contribution >= 4 is 28.9 Å². The molecule has 8 nitrogen and oxygen atoms in total. The first-order valence-electron chi connectivity index (χ1n) is 10.8. The Morgan fingerprint density at radius 2 is 1.94 bits per heavy atom. The van der Waals surface area contributed by atoms with Gasteiger partial charge in [-0.25, -0.2) is 5.01 Å². The molecule has 0 aliphatic carbocycles. The van der Waals surface area contributed by atoms with Crippen molar-refractivity contribution in [3.05, 3.63) is 46.2 Å². The summed E-state index contributed by atoms with van der Waals surface area (Å²) in [5, 5.41) is 8.18. The first-order chi connectivity index (χ1) is 15.9. The third kappa shape index (κ3) is 5.72. The van der Waals surface area contributed by atoms with Crippen molar-refractivity contribution in [2.45, 2.75) is 26.3 Å². The normalized spacial score (nSPS) is 15.5. The van der Waals surface area contributed by atoms with Crippen LogP contribution < -0.4 is 9.47 Å². The molecule has 3 rings (SSSR count). The van der Waals surface area contributed by atoms with Gasteiger partial charge in [-0.2, -0.15) is 5.10 Å². The fourth-order valence-electron chi connectivity index (χ4n) is 3.72. The molecule has 178 valence electrons. The van der Waals surface area contributed by atoms with Gasteiger partial charge in [-0.15, -0.1) is 11.3 Å². The Morgan fingerprint density at radius 3 is 2.55 bits per heavy atom. The lowest BCUT2D eigenvalue weighted by Gasteiger charge is -2.28. The van der Waals surface area contributed by atoms with Crippen LogP contribution in [0.4, 0.5) is 0 Å². The zero-order chi connectivity index (χ0) is 24.0. The smallest absolute Gasteiger partial charge is 0.262 e. The molecule has 1 aromatic heterocycles. The molecule has 0 unspecified atom stereocenters. The molecule has 0 fully saturated rings. The molecule has 1 aliphatic rings. The van der Waals surface area contributed by atoms with E-state index in [-0.39, 0.29) is 30.3 Å². The lowest BCUT2D eigenvalue weighted by atomic mass is 10.0. The predicted molar refractivity (Wildman–Crippen MR) is 128 cm³/mol. The van der Waals surface area contributed by atoms with Gasteiger partial charge in [0.1, 0.15) is 6.54 Å². The maximum absolute atomic E-state index is 13.5. The van der Waals surface area contributed by atoms with E-state index in [0.29, 0.717) is 31.1 Å². The molecule has 33 heavy (non-hydrogen) atoms. The molecule has 0 saturated carbocycles. The quantitative estimate of drug-likeness (QED) is 0.527. The van der Waals surface area contributed by atoms with E-state index in [9.17, 15) is 9.59 Å². The number of benzene rings is 1. The Hall–Kier alpha value is -2.91. The Balaban J connectivity index is 1.91. The van der Waals surface area contributed by atoms with Gasteiger partial charge in [0.25, 0.3) is 5.91 Å². The number of hydrogen-bond donors (Lipinski definition) is 0. The Morgan fingerprint density at radius 1 is 1.18 bits per heavy atom. The molecule has 1 aromatic carbocycles. The molecule has 2 aromatic rings. The highest BCUT2D eigenvalue weighted by molar-refractivity contribution is 7.12. The van der Waals surface area contributed by atoms with Gasteiger partial charge in [-0.3, -0.25) is 9.59 Å². The minimum Gasteiger partial charge on any atom is -0.493 e. The van der Waals surface area contributed by atoms with Gasteiger partial charge >= 0.3 is 0 Å². The van der Waals surface area contributed by atoms with Crippen LogP contribution in [0.3, 0.4) is 0 Å². The van der Waals surface area contributed by atoms with Crippen molar-refractivity contribution in [1.82, 2.24) is 9.91 Å². The van der Waals surface area contributed by atoms with E-state index in [2.05, 4.69) is 0 Å². The van der Waals surface area contributed by atoms with E-state index in [4.69, 9.17) is 19.3 Å². The van der Waals surface area contributed by atoms with E-state index in [1.165, 1.54) is 5.01 Å². The van der Waals surface area contributed by atoms with Crippen molar-refractivity contribution < 1.29 is 23.8 Å². The predicted octanol–water partition coefficient (Wildman–Crippen LogP) is 3.57. The number of methoxy groups -OCH3 is 3. The average Bonchev–Trinajstić information content (AvgIpc) is 3.50. The van der Waals surface area contributed by atoms with Crippen LogP contribution in [0.15, 0.2) is 40.8 Å². The number of ether oxygens (including phenoxy) is 3. The number of carbonyl (C=O) groups excluding carboxylic acids is 2. The lowest BCUT2D eigenvalue weighted by molar-refractivity contribution is -0.143. The van der Waals surface area contributed by atoms with Crippen LogP contribution in [-0.2, 0) is 14.3 Å². The molecule has 2 amide bonds. The number of amides is 2. The van der Waals surface area contributed by atoms with Gasteiger partial charge < -0.3 is 19.1 Å². The van der Waals surface area contributed by atoms with Crippen LogP contribution >= 0.6 is 11.3 Å². The maximum Gasteiger partial charge on any atom is 0.262 e. The van der Waals surface area contributed by atoms with Gasteiger partial charge in [0, 0.05) is 26.0 Å². The number of carbonyl (C=O) groups is 2. The molecular weight excluding hydrogens is 442 g/mol. The largest absolute Gasteiger partial charge is 0.493 e. The van der Waals surface area contributed by atoms with Crippen LogP contribution in [0.1, 0.15) is 36.8 Å². The summed E-state index contributed by atoms with van der Waals surface area (Å²) >= 11 is 1.58. The second kappa shape index (κ2) is 11.3. The first-order valence-corrected chi connectivity index (χ1v) is 11.7. The molecule has 1 aliphatic heterocycles. The third-order valence-electron chi connectivity index (χ3n) is 5.46. The second-order valence-electron chi connectivity index (χ2n) is 8.00. The minimum atomic E-state index is -0.312. The highest BCUT2D eigenvalue weighted by Crippen LogP contribution is 2.38. The van der Waals surface area contributed by atoms with Crippen LogP contribution in [0, 0.1) is 5.92 Å². The van der Waals surface area contributed by atoms with Crippen LogP contribution in [0.25, 0.3) is 0 Å². The van der Waals surface area contributed by atoms with E-state index < -0.39 is 0 Å². The number of thiophene rings is 1. The molecule has 0 saturated heterocycles. The molecule has 0 N–H and O–H groups in total. The average molecular weight is 474 g/mol. The fourth-order valence-corrected chi connectivity index (χ4v) is 4.44. The van der Waals surface area contributed by atoms with Crippen molar-refractivity contribution in [2.75, 3.05) is 41.0 Å². The van der Waals surface area contributed by atoms with Crippen molar-refractivity contribution in [2.24, 2.45) is 11.0 Å². The Kier molecular flexibility index (Phi) is 8.46. The van der Waals surface area contributed by atoms with E-state index >= 15 is 0 Å². The van der Waals surface area contributed by atoms with E-state index in [1.54, 1.807) is 37.6 Å². The number of nitrogens with zero attached hydrogens (tertiary/aromatic N) is 3. The summed E-state index contributed by atoms with van der Waals surface area (Å²) in [6, 6.07) is 9.27. The summed E-state index contributed by atoms with van der Waals surface area (Å²) in [7, 11) is 4.74. The topological polar surface area (TPSA) is 80.7 Å². The number of hydrazone groups is 1. The van der Waals surface area contributed by atoms with Crippen LogP contribution in [0.5, 0.6) is 11.5 Å². The molecular formula is C24H31N3O5S. The summed E-state index contributed by atoms with van der Waals surface area (Å²) in [6.07, 6.45) is 0.567. The maximum atomic E-state index is 13.5. The summed E-state index contributed by atoms with van der Waals surface area (Å²) < 4.78 is 16.0. The molecule has 0 radical (unpaired) electrons. The standard InChI is InChI=1S/C24H31N3O5S/c1-16(2)24(29)26(10-11-30-3)15-23(28)27-19(14-18(25-27)22-7-6-12-33-22)17-8-9-20(31-4)21(13-17)32-5/h6-9,12-13,16,19H,10-11,14-15H2,1-5H3/t19-/m0/s1. The molecule has 0 bridgehead atoms. The van der Waals surface area contributed by atoms with Gasteiger partial charge in [0.15, 0.2) is 11.5 Å². The highest BCUT2D eigenvalue weighted by Gasteiger charge is 2.35. The van der Waals surface area contributed by atoms with Crippen LogP contribution in [-0.4, -0.2) is 68.5 Å². The van der Waals surface area contributed by atoms with Crippen molar-refractivity contribution in [3.8, 4) is 11.5 Å². The van der Waals surface area contributed by atoms with Crippen LogP contribution in [0.2, 0.25) is 0 Å². The summed E-state index contributed by atoms with van der Waals surface area (Å²) in [6.45, 7) is 4.28. The van der Waals surface area contributed by atoms with E-state index in [0.717, 1.165) is 16.2 Å². The van der Waals surface area contributed by atoms with Gasteiger partial charge in [0.05, 0.1) is 37.5 Å². The molecule has 0 spiro atoms. The van der Waals surface area contributed by atoms with E-state index in [1.807, 2.05) is 49.6 Å². The highest BCUT2D eigenvalue weighted by atomic mass is 32.1. The van der Waals surface area contributed by atoms with Crippen molar-refractivity contribution in [1.29, 1.82) is 0 Å². The summed E-state index contributed by atoms with van der Waals surface area (Å²) in [4.78, 5) is 28.7. The summed E-state index contributed by atoms with van der Waals surface area (Å²) in [5.74, 6) is 0.643. The zero-order valence-electron chi connectivity index (χ0n) is 19.7. The van der Waals surface area contributed by atoms with Crippen molar-refractivity contribution in [3.63, 3.8) is 0 Å². The SMILES string of the molecule is COCCN(CC(=O)N1N=C(c2cccs2)C[C@H]1c1ccc(OC)c(OC)c1)C(=O)C(C)C. The lowest BCUT2D eigenvalue weighted by Crippen LogP contribution is -2.44. The third-order valence-corrected chi connectivity index (χ3v) is 6.38. The Bertz CT molecular complexity index is 990. The summed E-state index contributed by atoms with van der Waals surface area (Å²) in [5.41, 5.74) is 1.73. The Labute approximate surface area is 198 Å². The monoisotopic (exact) mass is 473 g/mol. The number of hydrogen-bond acceptors (Lipinski definition) is 7. The molecule has 9 heteroatoms. The molecule has 1 atom stereocenters. The second-order valence-corrected chi connectivity index (χ2v) is 8.95. The van der Waals surface area contributed by atoms with Gasteiger partial charge in [-0.1, -0.05) is 26.0 Å². The first kappa shape index (κ1) is 24.7. The minimum absolute atomic E-state index is 0.0641.